The lowest BCUT2D eigenvalue weighted by molar-refractivity contribution is -0.142. The monoisotopic (exact) mass is 282 g/mol. The van der Waals surface area contributed by atoms with E-state index in [0.29, 0.717) is 19.4 Å². The molecule has 1 aliphatic heterocycles. The van der Waals surface area contributed by atoms with Crippen LogP contribution in [0.4, 0.5) is 0 Å². The van der Waals surface area contributed by atoms with Gasteiger partial charge in [-0.2, -0.15) is 0 Å². The molecule has 3 nitrogen and oxygen atoms in total. The largest absolute Gasteiger partial charge is 0.497 e. The van der Waals surface area contributed by atoms with Crippen LogP contribution in [0.5, 0.6) is 5.75 Å². The van der Waals surface area contributed by atoms with Gasteiger partial charge in [0, 0.05) is 6.42 Å². The smallest absolute Gasteiger partial charge is 0.317 e. The highest BCUT2D eigenvalue weighted by Gasteiger charge is 2.46. The molecule has 0 saturated carbocycles. The van der Waals surface area contributed by atoms with Crippen molar-refractivity contribution in [1.29, 1.82) is 0 Å². The molecule has 0 aromatic heterocycles. The van der Waals surface area contributed by atoms with E-state index in [-0.39, 0.29) is 5.97 Å². The summed E-state index contributed by atoms with van der Waals surface area (Å²) in [7, 11) is 1.63. The van der Waals surface area contributed by atoms with E-state index in [1.165, 1.54) is 0 Å². The second-order valence-corrected chi connectivity index (χ2v) is 5.36. The predicted molar refractivity (Wildman–Crippen MR) is 80.4 cm³/mol. The molecular formula is C18H18O3. The molecule has 1 heterocycles. The van der Waals surface area contributed by atoms with Crippen LogP contribution in [0.25, 0.3) is 0 Å². The predicted octanol–water partition coefficient (Wildman–Crippen LogP) is 3.12. The van der Waals surface area contributed by atoms with E-state index in [0.717, 1.165) is 16.9 Å². The minimum absolute atomic E-state index is 0.139. The molecule has 1 unspecified atom stereocenters. The van der Waals surface area contributed by atoms with E-state index in [2.05, 4.69) is 0 Å². The first kappa shape index (κ1) is 13.7. The lowest BCUT2D eigenvalue weighted by Crippen LogP contribution is -2.34. The third-order valence-electron chi connectivity index (χ3n) is 4.12. The van der Waals surface area contributed by atoms with Crippen LogP contribution in [0, 0.1) is 0 Å². The molecule has 2 aromatic carbocycles. The van der Waals surface area contributed by atoms with Crippen molar-refractivity contribution in [2.75, 3.05) is 13.7 Å². The number of carbonyl (C=O) groups excluding carboxylic acids is 1. The molecule has 1 aliphatic rings. The van der Waals surface area contributed by atoms with Crippen LogP contribution in [-0.4, -0.2) is 19.7 Å². The van der Waals surface area contributed by atoms with Crippen molar-refractivity contribution in [3.8, 4) is 5.75 Å². The summed E-state index contributed by atoms with van der Waals surface area (Å²) in [5.74, 6) is 0.624. The van der Waals surface area contributed by atoms with Gasteiger partial charge in [-0.05, 0) is 29.7 Å². The fraction of sp³-hybridized carbons (Fsp3) is 0.278. The number of esters is 1. The van der Waals surface area contributed by atoms with E-state index in [1.807, 2.05) is 54.6 Å². The zero-order valence-corrected chi connectivity index (χ0v) is 12.0. The van der Waals surface area contributed by atoms with Crippen LogP contribution in [0.3, 0.4) is 0 Å². The summed E-state index contributed by atoms with van der Waals surface area (Å²) in [6.07, 6.45) is 1.35. The molecule has 21 heavy (non-hydrogen) atoms. The van der Waals surface area contributed by atoms with Gasteiger partial charge in [-0.1, -0.05) is 42.5 Å². The lowest BCUT2D eigenvalue weighted by atomic mass is 9.74. The fourth-order valence-corrected chi connectivity index (χ4v) is 2.95. The Morgan fingerprint density at radius 3 is 2.62 bits per heavy atom. The molecule has 3 rings (SSSR count). The highest BCUT2D eigenvalue weighted by Crippen LogP contribution is 2.38. The number of hydrogen-bond donors (Lipinski definition) is 0. The number of benzene rings is 2. The number of hydrogen-bond acceptors (Lipinski definition) is 3. The summed E-state index contributed by atoms with van der Waals surface area (Å²) in [5.41, 5.74) is 1.50. The van der Waals surface area contributed by atoms with Crippen molar-refractivity contribution in [3.05, 3.63) is 65.7 Å². The van der Waals surface area contributed by atoms with Crippen molar-refractivity contribution in [1.82, 2.24) is 0 Å². The van der Waals surface area contributed by atoms with Crippen molar-refractivity contribution in [2.24, 2.45) is 0 Å². The second-order valence-electron chi connectivity index (χ2n) is 5.36. The molecule has 1 saturated heterocycles. The normalized spacial score (nSPS) is 21.1. The van der Waals surface area contributed by atoms with E-state index >= 15 is 0 Å². The van der Waals surface area contributed by atoms with Gasteiger partial charge >= 0.3 is 5.97 Å². The number of cyclic esters (lactones) is 1. The number of ether oxygens (including phenoxy) is 2. The third kappa shape index (κ3) is 2.51. The zero-order chi connectivity index (χ0) is 14.7. The molecule has 2 aromatic rings. The van der Waals surface area contributed by atoms with Crippen LogP contribution in [-0.2, 0) is 21.4 Å². The second kappa shape index (κ2) is 5.60. The fourth-order valence-electron chi connectivity index (χ4n) is 2.95. The Hall–Kier alpha value is -2.29. The van der Waals surface area contributed by atoms with Crippen LogP contribution in [0.1, 0.15) is 17.5 Å². The third-order valence-corrected chi connectivity index (χ3v) is 4.12. The average molecular weight is 282 g/mol. The molecule has 0 spiro atoms. The molecule has 0 N–H and O–H groups in total. The number of rotatable bonds is 4. The van der Waals surface area contributed by atoms with Gasteiger partial charge in [0.25, 0.3) is 0 Å². The first-order valence-electron chi connectivity index (χ1n) is 7.10. The topological polar surface area (TPSA) is 35.5 Å². The Balaban J connectivity index is 2.03. The van der Waals surface area contributed by atoms with Crippen molar-refractivity contribution in [3.63, 3.8) is 0 Å². The SMILES string of the molecule is COc1cccc(C2(Cc3ccccc3)CCOC2=O)c1. The molecule has 0 bridgehead atoms. The van der Waals surface area contributed by atoms with Gasteiger partial charge in [-0.3, -0.25) is 4.79 Å². The maximum atomic E-state index is 12.4. The quantitative estimate of drug-likeness (QED) is 0.808. The average Bonchev–Trinajstić information content (AvgIpc) is 2.90. The lowest BCUT2D eigenvalue weighted by Gasteiger charge is -2.25. The molecule has 1 fully saturated rings. The molecule has 0 amide bonds. The van der Waals surface area contributed by atoms with Crippen LogP contribution in [0.2, 0.25) is 0 Å². The van der Waals surface area contributed by atoms with Crippen molar-refractivity contribution >= 4 is 5.97 Å². The van der Waals surface area contributed by atoms with Gasteiger partial charge in [-0.15, -0.1) is 0 Å². The minimum atomic E-state index is -0.601. The summed E-state index contributed by atoms with van der Waals surface area (Å²) in [4.78, 5) is 12.4. The van der Waals surface area contributed by atoms with Crippen molar-refractivity contribution < 1.29 is 14.3 Å². The Morgan fingerprint density at radius 1 is 1.14 bits per heavy atom. The zero-order valence-electron chi connectivity index (χ0n) is 12.0. The molecule has 3 heteroatoms. The van der Waals surface area contributed by atoms with E-state index in [4.69, 9.17) is 9.47 Å². The van der Waals surface area contributed by atoms with Gasteiger partial charge in [-0.25, -0.2) is 0 Å². The highest BCUT2D eigenvalue weighted by atomic mass is 16.5. The van der Waals surface area contributed by atoms with Gasteiger partial charge in [0.05, 0.1) is 13.7 Å². The number of carbonyl (C=O) groups is 1. The molecule has 1 atom stereocenters. The maximum absolute atomic E-state index is 12.4. The molecule has 108 valence electrons. The first-order chi connectivity index (χ1) is 10.2. The van der Waals surface area contributed by atoms with Gasteiger partial charge in [0.15, 0.2) is 0 Å². The van der Waals surface area contributed by atoms with Gasteiger partial charge in [0.1, 0.15) is 11.2 Å². The van der Waals surface area contributed by atoms with Crippen LogP contribution < -0.4 is 4.74 Å². The van der Waals surface area contributed by atoms with Gasteiger partial charge < -0.3 is 9.47 Å². The summed E-state index contributed by atoms with van der Waals surface area (Å²) in [6.45, 7) is 0.475. The summed E-state index contributed by atoms with van der Waals surface area (Å²) >= 11 is 0. The molecule has 0 radical (unpaired) electrons. The van der Waals surface area contributed by atoms with Crippen molar-refractivity contribution in [2.45, 2.75) is 18.3 Å². The van der Waals surface area contributed by atoms with Crippen LogP contribution in [0.15, 0.2) is 54.6 Å². The number of methoxy groups -OCH3 is 1. The van der Waals surface area contributed by atoms with Crippen LogP contribution >= 0.6 is 0 Å². The summed E-state index contributed by atoms with van der Waals surface area (Å²) in [5, 5.41) is 0. The maximum Gasteiger partial charge on any atom is 0.317 e. The standard InChI is InChI=1S/C18H18O3/c1-20-16-9-5-8-15(12-16)18(10-11-21-17(18)19)13-14-6-3-2-4-7-14/h2-9,12H,10-11,13H2,1H3. The summed E-state index contributed by atoms with van der Waals surface area (Å²) < 4.78 is 10.6. The first-order valence-corrected chi connectivity index (χ1v) is 7.10. The summed E-state index contributed by atoms with van der Waals surface area (Å²) in [6, 6.07) is 17.8. The van der Waals surface area contributed by atoms with E-state index < -0.39 is 5.41 Å². The minimum Gasteiger partial charge on any atom is -0.497 e. The Kier molecular flexibility index (Phi) is 3.65. The molecule has 0 aliphatic carbocycles. The Labute approximate surface area is 124 Å². The Morgan fingerprint density at radius 2 is 1.95 bits per heavy atom. The Bertz CT molecular complexity index is 636. The van der Waals surface area contributed by atoms with Gasteiger partial charge in [0.2, 0.25) is 0 Å². The highest BCUT2D eigenvalue weighted by molar-refractivity contribution is 5.85. The van der Waals surface area contributed by atoms with E-state index in [9.17, 15) is 4.79 Å². The molecular weight excluding hydrogens is 264 g/mol. The van der Waals surface area contributed by atoms with E-state index in [1.54, 1.807) is 7.11 Å².